The van der Waals surface area contributed by atoms with Crippen molar-refractivity contribution in [1.82, 2.24) is 4.68 Å². The Hall–Kier alpha value is -3.08. The molecule has 2 N–H and O–H groups in total. The van der Waals surface area contributed by atoms with Gasteiger partial charge in [0.15, 0.2) is 0 Å². The highest BCUT2D eigenvalue weighted by molar-refractivity contribution is 7.73. The van der Waals surface area contributed by atoms with Crippen LogP contribution in [0.4, 0.5) is 0 Å². The summed E-state index contributed by atoms with van der Waals surface area (Å²) in [7, 11) is 3.55. The number of fused-ring (bicyclic) bond motifs is 2. The second-order valence-corrected chi connectivity index (χ2v) is 9.68. The first-order valence-corrected chi connectivity index (χ1v) is 12.1. The molecule has 0 unspecified atom stereocenters. The van der Waals surface area contributed by atoms with E-state index in [2.05, 4.69) is 97.1 Å². The van der Waals surface area contributed by atoms with Gasteiger partial charge < -0.3 is 5.84 Å². The predicted molar refractivity (Wildman–Crippen MR) is 131 cm³/mol. The molecular weight excluding hydrogens is 404 g/mol. The van der Waals surface area contributed by atoms with E-state index >= 15 is 0 Å². The Morgan fingerprint density at radius 2 is 0.967 bits per heavy atom. The van der Waals surface area contributed by atoms with Gasteiger partial charge in [0.05, 0.1) is 20.4 Å². The summed E-state index contributed by atoms with van der Waals surface area (Å²) in [5.41, 5.74) is 7.28. The lowest BCUT2D eigenvalue weighted by Crippen LogP contribution is -2.09. The monoisotopic (exact) mass is 426 g/mol. The van der Waals surface area contributed by atoms with Crippen LogP contribution >= 0.6 is 20.7 Å². The zero-order valence-corrected chi connectivity index (χ0v) is 18.1. The molecule has 1 aromatic heterocycles. The summed E-state index contributed by atoms with van der Waals surface area (Å²) in [6.07, 6.45) is 1.81. The van der Waals surface area contributed by atoms with Crippen LogP contribution in [0.3, 0.4) is 0 Å². The number of benzene rings is 4. The second kappa shape index (κ2) is 8.34. The first-order valence-electron chi connectivity index (χ1n) is 9.99. The second-order valence-electron chi connectivity index (χ2n) is 7.47. The van der Waals surface area contributed by atoms with Crippen LogP contribution in [-0.4, -0.2) is 4.68 Å². The molecule has 0 amide bonds. The molecule has 1 heterocycles. The molecule has 0 aliphatic carbocycles. The largest absolute Gasteiger partial charge is 0.339 e. The number of nitrogens with zero attached hydrogens (tertiary/aromatic N) is 1. The average Bonchev–Trinajstić information content (AvgIpc) is 2.92. The molecule has 0 spiro atoms. The Balaban J connectivity index is 1.60. The minimum atomic E-state index is 0.903. The van der Waals surface area contributed by atoms with Crippen LogP contribution in [0.15, 0.2) is 97.1 Å². The summed E-state index contributed by atoms with van der Waals surface area (Å²) in [6.45, 7) is 0. The van der Waals surface area contributed by atoms with Crippen molar-refractivity contribution in [2.45, 2.75) is 12.8 Å². The summed E-state index contributed by atoms with van der Waals surface area (Å²) in [5, 5.41) is 0. The zero-order valence-electron chi connectivity index (χ0n) is 16.5. The zero-order chi connectivity index (χ0) is 20.3. The number of aromatic nitrogens is 1. The van der Waals surface area contributed by atoms with Crippen molar-refractivity contribution in [3.8, 4) is 0 Å². The summed E-state index contributed by atoms with van der Waals surface area (Å²) in [5.74, 6) is 6.69. The van der Waals surface area contributed by atoms with E-state index in [4.69, 9.17) is 5.84 Å². The van der Waals surface area contributed by atoms with Crippen LogP contribution in [0.5, 0.6) is 0 Å². The molecule has 0 aliphatic rings. The van der Waals surface area contributed by atoms with E-state index in [-0.39, 0.29) is 0 Å². The minimum absolute atomic E-state index is 0.903. The van der Waals surface area contributed by atoms with E-state index in [1.54, 1.807) is 20.7 Å². The lowest BCUT2D eigenvalue weighted by Gasteiger charge is -2.08. The van der Waals surface area contributed by atoms with Crippen LogP contribution < -0.4 is 5.84 Å². The van der Waals surface area contributed by atoms with Gasteiger partial charge >= 0.3 is 0 Å². The number of hydrogen-bond donors (Lipinski definition) is 1. The normalized spacial score (nSPS) is 11.1. The van der Waals surface area contributed by atoms with Crippen molar-refractivity contribution >= 4 is 41.1 Å². The molecule has 4 heteroatoms. The third-order valence-electron chi connectivity index (χ3n) is 5.29. The van der Waals surface area contributed by atoms with Crippen molar-refractivity contribution in [1.29, 1.82) is 0 Å². The van der Waals surface area contributed by atoms with Gasteiger partial charge in [-0.05, 0) is 59.4 Å². The van der Waals surface area contributed by atoms with Crippen molar-refractivity contribution in [3.05, 3.63) is 119 Å². The van der Waals surface area contributed by atoms with Gasteiger partial charge in [0, 0.05) is 0 Å². The van der Waals surface area contributed by atoms with E-state index < -0.39 is 0 Å². The van der Waals surface area contributed by atoms with Gasteiger partial charge in [0.2, 0.25) is 0 Å². The van der Waals surface area contributed by atoms with Gasteiger partial charge in [-0.1, -0.05) is 93.5 Å². The molecule has 0 fully saturated rings. The Labute approximate surface area is 183 Å². The highest BCUT2D eigenvalue weighted by atomic mass is 32.9. The SMILES string of the molecule is Nn1c2cc(Cc3ccccc3)ccc2ssc2ccc(Cc3ccccc3)cc21. The molecule has 5 rings (SSSR count). The van der Waals surface area contributed by atoms with Crippen LogP contribution in [0.2, 0.25) is 0 Å². The smallest absolute Gasteiger partial charge is 0.0808 e. The molecule has 0 atom stereocenters. The fourth-order valence-electron chi connectivity index (χ4n) is 3.75. The van der Waals surface area contributed by atoms with Crippen LogP contribution in [0.1, 0.15) is 22.3 Å². The van der Waals surface area contributed by atoms with E-state index in [0.717, 1.165) is 23.9 Å². The lowest BCUT2D eigenvalue weighted by atomic mass is 10.0. The van der Waals surface area contributed by atoms with E-state index in [0.29, 0.717) is 0 Å². The van der Waals surface area contributed by atoms with E-state index in [1.165, 1.54) is 31.7 Å². The lowest BCUT2D eigenvalue weighted by molar-refractivity contribution is 1.10. The van der Waals surface area contributed by atoms with E-state index in [1.807, 2.05) is 4.68 Å². The molecule has 4 aromatic carbocycles. The van der Waals surface area contributed by atoms with Crippen molar-refractivity contribution in [2.24, 2.45) is 0 Å². The predicted octanol–water partition coefficient (Wildman–Crippen LogP) is 6.94. The molecule has 2 nitrogen and oxygen atoms in total. The summed E-state index contributed by atoms with van der Waals surface area (Å²) >= 11 is 0. The van der Waals surface area contributed by atoms with Crippen molar-refractivity contribution in [3.63, 3.8) is 0 Å². The molecule has 0 saturated carbocycles. The van der Waals surface area contributed by atoms with Crippen LogP contribution in [0, 0.1) is 0 Å². The van der Waals surface area contributed by atoms with Gasteiger partial charge in [-0.2, -0.15) is 0 Å². The third-order valence-corrected chi connectivity index (χ3v) is 7.75. The Bertz CT molecular complexity index is 1240. The molecule has 0 bridgehead atoms. The highest BCUT2D eigenvalue weighted by Crippen LogP contribution is 2.29. The minimum Gasteiger partial charge on any atom is -0.339 e. The Kier molecular flexibility index (Phi) is 5.26. The maximum Gasteiger partial charge on any atom is 0.0808 e. The average molecular weight is 427 g/mol. The first-order chi connectivity index (χ1) is 14.8. The molecule has 0 saturated heterocycles. The first kappa shape index (κ1) is 18.9. The highest BCUT2D eigenvalue weighted by Gasteiger charge is 2.06. The molecule has 148 valence electrons. The van der Waals surface area contributed by atoms with Gasteiger partial charge in [0.1, 0.15) is 0 Å². The molecule has 5 aromatic rings. The topological polar surface area (TPSA) is 30.9 Å². The fraction of sp³-hybridized carbons (Fsp3) is 0.0769. The van der Waals surface area contributed by atoms with Crippen molar-refractivity contribution < 1.29 is 0 Å². The standard InChI is InChI=1S/C26H22N2S2/c27-28-23-17-21(15-19-7-3-1-4-8-19)11-13-25(23)29-30-26-14-12-22(18-24(26)28)16-20-9-5-2-6-10-20/h1-14,17-18H,15-16,27H2. The Morgan fingerprint density at radius 3 is 1.40 bits per heavy atom. The molecule has 0 radical (unpaired) electrons. The number of nitrogen functional groups attached to an aromatic ring is 1. The van der Waals surface area contributed by atoms with Gasteiger partial charge in [-0.3, -0.25) is 4.68 Å². The van der Waals surface area contributed by atoms with Gasteiger partial charge in [0.25, 0.3) is 0 Å². The van der Waals surface area contributed by atoms with Crippen LogP contribution in [0.25, 0.3) is 20.4 Å². The number of nitrogens with two attached hydrogens (primary N) is 1. The summed E-state index contributed by atoms with van der Waals surface area (Å²) < 4.78 is 4.25. The summed E-state index contributed by atoms with van der Waals surface area (Å²) in [6, 6.07) is 34.4. The maximum absolute atomic E-state index is 6.69. The van der Waals surface area contributed by atoms with Gasteiger partial charge in [-0.15, -0.1) is 0 Å². The third kappa shape index (κ3) is 3.97. The number of rotatable bonds is 4. The molecule has 30 heavy (non-hydrogen) atoms. The summed E-state index contributed by atoms with van der Waals surface area (Å²) in [4.78, 5) is 0. The molecular formula is C26H22N2S2. The quantitative estimate of drug-likeness (QED) is 0.245. The number of hydrogen-bond acceptors (Lipinski definition) is 3. The van der Waals surface area contributed by atoms with Crippen molar-refractivity contribution in [2.75, 3.05) is 5.84 Å². The van der Waals surface area contributed by atoms with Gasteiger partial charge in [-0.25, -0.2) is 0 Å². The molecule has 0 aliphatic heterocycles. The fourth-order valence-corrected chi connectivity index (χ4v) is 6.04. The van der Waals surface area contributed by atoms with Crippen LogP contribution in [-0.2, 0) is 12.8 Å². The van der Waals surface area contributed by atoms with E-state index in [9.17, 15) is 0 Å². The maximum atomic E-state index is 6.69. The Morgan fingerprint density at radius 1 is 0.533 bits per heavy atom.